The van der Waals surface area contributed by atoms with Crippen molar-refractivity contribution < 1.29 is 24.9 Å². The van der Waals surface area contributed by atoms with Crippen molar-refractivity contribution in [2.45, 2.75) is 19.3 Å². The number of carbonyl (C=O) groups is 2. The van der Waals surface area contributed by atoms with Gasteiger partial charge in [-0.15, -0.1) is 0 Å². The molecule has 0 atom stereocenters. The molecule has 0 unspecified atom stereocenters. The maximum atomic E-state index is 11.6. The van der Waals surface area contributed by atoms with Gasteiger partial charge in [0.2, 0.25) is 0 Å². The van der Waals surface area contributed by atoms with Crippen LogP contribution in [0.1, 0.15) is 29.6 Å². The van der Waals surface area contributed by atoms with Crippen molar-refractivity contribution in [3.8, 4) is 11.5 Å². The number of nitrogens with one attached hydrogen (secondary N) is 1. The number of carbonyl (C=O) groups excluding carboxylic acids is 1. The highest BCUT2D eigenvalue weighted by atomic mass is 16.4. The second-order valence-corrected chi connectivity index (χ2v) is 3.78. The molecule has 0 fully saturated rings. The summed E-state index contributed by atoms with van der Waals surface area (Å²) in [7, 11) is 0. The molecule has 0 aliphatic heterocycles. The second-order valence-electron chi connectivity index (χ2n) is 3.78. The third-order valence-electron chi connectivity index (χ3n) is 2.36. The van der Waals surface area contributed by atoms with E-state index < -0.39 is 17.6 Å². The first-order valence-electron chi connectivity index (χ1n) is 5.53. The Balaban J connectivity index is 2.41. The lowest BCUT2D eigenvalue weighted by Crippen LogP contribution is -2.24. The summed E-state index contributed by atoms with van der Waals surface area (Å²) in [4.78, 5) is 21.9. The summed E-state index contributed by atoms with van der Waals surface area (Å²) >= 11 is 0. The van der Waals surface area contributed by atoms with Crippen molar-refractivity contribution in [1.29, 1.82) is 0 Å². The molecule has 0 bridgehead atoms. The van der Waals surface area contributed by atoms with Gasteiger partial charge in [-0.1, -0.05) is 6.07 Å². The van der Waals surface area contributed by atoms with Gasteiger partial charge >= 0.3 is 5.97 Å². The van der Waals surface area contributed by atoms with Gasteiger partial charge in [0, 0.05) is 13.0 Å². The minimum Gasteiger partial charge on any atom is -0.504 e. The molecule has 6 nitrogen and oxygen atoms in total. The number of aliphatic carboxylic acids is 1. The highest BCUT2D eigenvalue weighted by Crippen LogP contribution is 2.27. The van der Waals surface area contributed by atoms with E-state index >= 15 is 0 Å². The maximum Gasteiger partial charge on any atom is 0.303 e. The fourth-order valence-electron chi connectivity index (χ4n) is 1.41. The van der Waals surface area contributed by atoms with Gasteiger partial charge in [-0.25, -0.2) is 0 Å². The lowest BCUT2D eigenvalue weighted by Gasteiger charge is -2.07. The third-order valence-corrected chi connectivity index (χ3v) is 2.36. The van der Waals surface area contributed by atoms with E-state index in [0.29, 0.717) is 19.4 Å². The van der Waals surface area contributed by atoms with Gasteiger partial charge in [0.15, 0.2) is 11.5 Å². The molecule has 0 aromatic heterocycles. The largest absolute Gasteiger partial charge is 0.504 e. The van der Waals surface area contributed by atoms with Crippen molar-refractivity contribution in [3.05, 3.63) is 23.8 Å². The minimum atomic E-state index is -0.869. The Kier molecular flexibility index (Phi) is 4.98. The standard InChI is InChI=1S/C12H15NO5/c14-9-5-3-4-8(11(9)17)12(18)13-7-2-1-6-10(15)16/h3-5,14,17H,1-2,6-7H2,(H,13,18)(H,15,16). The van der Waals surface area contributed by atoms with Crippen LogP contribution in [0.3, 0.4) is 0 Å². The van der Waals surface area contributed by atoms with Crippen LogP contribution in [0.2, 0.25) is 0 Å². The molecule has 0 aliphatic carbocycles. The molecule has 4 N–H and O–H groups in total. The number of carboxylic acid groups (broad SMARTS) is 1. The molecule has 0 saturated carbocycles. The van der Waals surface area contributed by atoms with Gasteiger partial charge in [-0.3, -0.25) is 9.59 Å². The van der Waals surface area contributed by atoms with Crippen molar-refractivity contribution in [2.24, 2.45) is 0 Å². The topological polar surface area (TPSA) is 107 Å². The SMILES string of the molecule is O=C(O)CCCCNC(=O)c1cccc(O)c1O. The van der Waals surface area contributed by atoms with E-state index in [-0.39, 0.29) is 17.7 Å². The van der Waals surface area contributed by atoms with Crippen LogP contribution in [-0.2, 0) is 4.79 Å². The number of aromatic hydroxyl groups is 2. The Morgan fingerprint density at radius 3 is 2.56 bits per heavy atom. The van der Waals surface area contributed by atoms with Gasteiger partial charge in [0.1, 0.15) is 0 Å². The van der Waals surface area contributed by atoms with Crippen LogP contribution in [0.5, 0.6) is 11.5 Å². The zero-order chi connectivity index (χ0) is 13.5. The van der Waals surface area contributed by atoms with E-state index in [9.17, 15) is 19.8 Å². The number of amides is 1. The monoisotopic (exact) mass is 253 g/mol. The molecule has 18 heavy (non-hydrogen) atoms. The number of hydrogen-bond donors (Lipinski definition) is 4. The second kappa shape index (κ2) is 6.48. The Morgan fingerprint density at radius 2 is 1.89 bits per heavy atom. The van der Waals surface area contributed by atoms with Gasteiger partial charge in [-0.2, -0.15) is 0 Å². The lowest BCUT2D eigenvalue weighted by atomic mass is 10.1. The van der Waals surface area contributed by atoms with Crippen LogP contribution >= 0.6 is 0 Å². The Labute approximate surface area is 104 Å². The molecule has 0 spiro atoms. The van der Waals surface area contributed by atoms with E-state index in [4.69, 9.17) is 5.11 Å². The van der Waals surface area contributed by atoms with E-state index in [0.717, 1.165) is 0 Å². The number of unbranched alkanes of at least 4 members (excludes halogenated alkanes) is 1. The summed E-state index contributed by atoms with van der Waals surface area (Å²) in [6, 6.07) is 4.12. The molecule has 1 rings (SSSR count). The molecular formula is C12H15NO5. The van der Waals surface area contributed by atoms with Crippen LogP contribution in [-0.4, -0.2) is 33.7 Å². The van der Waals surface area contributed by atoms with Crippen LogP contribution in [0, 0.1) is 0 Å². The molecule has 1 amide bonds. The first-order chi connectivity index (χ1) is 8.52. The molecule has 0 heterocycles. The summed E-state index contributed by atoms with van der Waals surface area (Å²) in [5.74, 6) is -2.18. The van der Waals surface area contributed by atoms with Gasteiger partial charge in [0.25, 0.3) is 5.91 Å². The Hall–Kier alpha value is -2.24. The number of phenolic OH excluding ortho intramolecular Hbond substituents is 2. The zero-order valence-electron chi connectivity index (χ0n) is 9.72. The molecule has 0 radical (unpaired) electrons. The molecule has 98 valence electrons. The van der Waals surface area contributed by atoms with Crippen LogP contribution < -0.4 is 5.32 Å². The first-order valence-corrected chi connectivity index (χ1v) is 5.53. The lowest BCUT2D eigenvalue weighted by molar-refractivity contribution is -0.137. The molecule has 1 aromatic carbocycles. The predicted molar refractivity (Wildman–Crippen MR) is 63.6 cm³/mol. The quantitative estimate of drug-likeness (QED) is 0.448. The normalized spacial score (nSPS) is 10.0. The van der Waals surface area contributed by atoms with E-state index in [1.807, 2.05) is 0 Å². The number of para-hydroxylation sites is 1. The Bertz CT molecular complexity index is 444. The number of benzene rings is 1. The van der Waals surface area contributed by atoms with Crippen LogP contribution in [0.25, 0.3) is 0 Å². The van der Waals surface area contributed by atoms with Gasteiger partial charge in [-0.05, 0) is 25.0 Å². The fourth-order valence-corrected chi connectivity index (χ4v) is 1.41. The summed E-state index contributed by atoms with van der Waals surface area (Å²) in [6.07, 6.45) is 1.08. The zero-order valence-corrected chi connectivity index (χ0v) is 9.72. The minimum absolute atomic E-state index is 0.00626. The Morgan fingerprint density at radius 1 is 1.17 bits per heavy atom. The summed E-state index contributed by atoms with van der Waals surface area (Å²) in [6.45, 7) is 0.321. The first kappa shape index (κ1) is 13.8. The van der Waals surface area contributed by atoms with E-state index in [1.165, 1.54) is 18.2 Å². The molecule has 1 aromatic rings. The van der Waals surface area contributed by atoms with Crippen LogP contribution in [0.4, 0.5) is 0 Å². The maximum absolute atomic E-state index is 11.6. The van der Waals surface area contributed by atoms with Crippen LogP contribution in [0.15, 0.2) is 18.2 Å². The molecule has 0 saturated heterocycles. The molecule has 6 heteroatoms. The number of hydrogen-bond acceptors (Lipinski definition) is 4. The van der Waals surface area contributed by atoms with Crippen molar-refractivity contribution in [1.82, 2.24) is 5.32 Å². The van der Waals surface area contributed by atoms with Crippen molar-refractivity contribution in [3.63, 3.8) is 0 Å². The molecular weight excluding hydrogens is 238 g/mol. The number of carboxylic acids is 1. The highest BCUT2D eigenvalue weighted by Gasteiger charge is 2.12. The molecule has 0 aliphatic rings. The fraction of sp³-hybridized carbons (Fsp3) is 0.333. The highest BCUT2D eigenvalue weighted by molar-refractivity contribution is 5.97. The average Bonchev–Trinajstić information content (AvgIpc) is 2.31. The average molecular weight is 253 g/mol. The predicted octanol–water partition coefficient (Wildman–Crippen LogP) is 1.08. The van der Waals surface area contributed by atoms with Gasteiger partial charge in [0.05, 0.1) is 5.56 Å². The third kappa shape index (κ3) is 3.97. The van der Waals surface area contributed by atoms with E-state index in [2.05, 4.69) is 5.32 Å². The van der Waals surface area contributed by atoms with Crippen molar-refractivity contribution >= 4 is 11.9 Å². The summed E-state index contributed by atoms with van der Waals surface area (Å²) < 4.78 is 0. The van der Waals surface area contributed by atoms with Crippen molar-refractivity contribution in [2.75, 3.05) is 6.54 Å². The summed E-state index contributed by atoms with van der Waals surface area (Å²) in [5, 5.41) is 29.6. The van der Waals surface area contributed by atoms with Gasteiger partial charge < -0.3 is 20.6 Å². The summed E-state index contributed by atoms with van der Waals surface area (Å²) in [5.41, 5.74) is -0.00626. The van der Waals surface area contributed by atoms with E-state index in [1.54, 1.807) is 0 Å². The number of phenols is 2. The number of rotatable bonds is 6. The smallest absolute Gasteiger partial charge is 0.303 e.